The summed E-state index contributed by atoms with van der Waals surface area (Å²) in [6.45, 7) is 6.24. The molecule has 0 heterocycles. The van der Waals surface area contributed by atoms with E-state index in [9.17, 15) is 0 Å². The molecule has 0 aromatic rings. The maximum atomic E-state index is 4.99. The molecule has 1 heteroatoms. The van der Waals surface area contributed by atoms with Crippen LogP contribution in [0.2, 0.25) is 0 Å². The number of ether oxygens (including phenoxy) is 1. The van der Waals surface area contributed by atoms with E-state index in [1.54, 1.807) is 6.61 Å². The van der Waals surface area contributed by atoms with E-state index < -0.39 is 0 Å². The molecule has 0 aromatic carbocycles. The third-order valence-corrected chi connectivity index (χ3v) is 0.907. The monoisotopic (exact) mass is 125 g/mol. The van der Waals surface area contributed by atoms with Crippen LogP contribution in [0.4, 0.5) is 0 Å². The van der Waals surface area contributed by atoms with Crippen LogP contribution >= 0.6 is 0 Å². The van der Waals surface area contributed by atoms with Gasteiger partial charge in [0.15, 0.2) is 0 Å². The molecule has 0 saturated carbocycles. The smallest absolute Gasteiger partial charge is 0.0805 e. The lowest BCUT2D eigenvalue weighted by Gasteiger charge is -1.94. The summed E-state index contributed by atoms with van der Waals surface area (Å²) in [4.78, 5) is 0. The van der Waals surface area contributed by atoms with Crippen LogP contribution in [-0.2, 0) is 4.74 Å². The standard InChI is InChI=1S/C8H13O/c1-3-5-6-7-8-9-4-2/h4H,6-8H2,1-2H3. The molecule has 0 aromatic heterocycles. The van der Waals surface area contributed by atoms with Gasteiger partial charge >= 0.3 is 0 Å². The number of hydrogen-bond donors (Lipinski definition) is 0. The second-order valence-corrected chi connectivity index (χ2v) is 1.64. The van der Waals surface area contributed by atoms with Crippen LogP contribution in [0.15, 0.2) is 0 Å². The highest BCUT2D eigenvalue weighted by Crippen LogP contribution is 1.88. The van der Waals surface area contributed by atoms with E-state index in [1.165, 1.54) is 0 Å². The molecule has 9 heavy (non-hydrogen) atoms. The van der Waals surface area contributed by atoms with Crippen molar-refractivity contribution in [2.75, 3.05) is 6.61 Å². The minimum Gasteiger partial charge on any atom is -0.376 e. The lowest BCUT2D eigenvalue weighted by Crippen LogP contribution is -1.87. The van der Waals surface area contributed by atoms with Crippen molar-refractivity contribution < 1.29 is 4.74 Å². The second-order valence-electron chi connectivity index (χ2n) is 1.64. The first-order valence-corrected chi connectivity index (χ1v) is 3.21. The van der Waals surface area contributed by atoms with Crippen molar-refractivity contribution in [3.8, 4) is 11.8 Å². The van der Waals surface area contributed by atoms with Crippen LogP contribution in [-0.4, -0.2) is 6.61 Å². The zero-order valence-electron chi connectivity index (χ0n) is 6.11. The lowest BCUT2D eigenvalue weighted by molar-refractivity contribution is 0.202. The SMILES string of the molecule is CC#CCCCO[CH]C. The summed E-state index contributed by atoms with van der Waals surface area (Å²) >= 11 is 0. The van der Waals surface area contributed by atoms with E-state index in [2.05, 4.69) is 11.8 Å². The Morgan fingerprint density at radius 2 is 2.33 bits per heavy atom. The van der Waals surface area contributed by atoms with Gasteiger partial charge in [-0.15, -0.1) is 11.8 Å². The molecule has 0 bridgehead atoms. The highest BCUT2D eigenvalue weighted by Gasteiger charge is 1.81. The fourth-order valence-electron chi connectivity index (χ4n) is 0.487. The first-order chi connectivity index (χ1) is 4.41. The van der Waals surface area contributed by atoms with Crippen molar-refractivity contribution in [3.05, 3.63) is 6.61 Å². The highest BCUT2D eigenvalue weighted by atomic mass is 16.5. The lowest BCUT2D eigenvalue weighted by atomic mass is 10.3. The summed E-state index contributed by atoms with van der Waals surface area (Å²) in [6, 6.07) is 0. The Morgan fingerprint density at radius 3 is 2.89 bits per heavy atom. The molecule has 0 unspecified atom stereocenters. The Hall–Kier alpha value is -0.480. The largest absolute Gasteiger partial charge is 0.376 e. The quantitative estimate of drug-likeness (QED) is 0.412. The van der Waals surface area contributed by atoms with Gasteiger partial charge < -0.3 is 4.74 Å². The molecule has 0 aliphatic heterocycles. The van der Waals surface area contributed by atoms with Gasteiger partial charge in [-0.05, 0) is 20.3 Å². The van der Waals surface area contributed by atoms with E-state index >= 15 is 0 Å². The number of rotatable bonds is 4. The molecule has 0 spiro atoms. The third kappa shape index (κ3) is 7.52. The summed E-state index contributed by atoms with van der Waals surface area (Å²) < 4.78 is 4.99. The van der Waals surface area contributed by atoms with E-state index in [-0.39, 0.29) is 0 Å². The van der Waals surface area contributed by atoms with Gasteiger partial charge in [0.2, 0.25) is 0 Å². The fraction of sp³-hybridized carbons (Fsp3) is 0.625. The first-order valence-electron chi connectivity index (χ1n) is 3.21. The van der Waals surface area contributed by atoms with Crippen LogP contribution in [0, 0.1) is 18.4 Å². The van der Waals surface area contributed by atoms with Crippen LogP contribution < -0.4 is 0 Å². The average molecular weight is 125 g/mol. The zero-order chi connectivity index (χ0) is 6.95. The van der Waals surface area contributed by atoms with E-state index in [1.807, 2.05) is 13.8 Å². The summed E-state index contributed by atoms with van der Waals surface area (Å²) in [5.74, 6) is 5.79. The zero-order valence-corrected chi connectivity index (χ0v) is 6.11. The molecule has 0 atom stereocenters. The Bertz CT molecular complexity index is 96.9. The molecule has 0 rings (SSSR count). The second kappa shape index (κ2) is 7.52. The van der Waals surface area contributed by atoms with Gasteiger partial charge in [-0.3, -0.25) is 0 Å². The van der Waals surface area contributed by atoms with Crippen molar-refractivity contribution in [1.82, 2.24) is 0 Å². The Balaban J connectivity index is 2.80. The maximum absolute atomic E-state index is 4.99. The molecule has 0 N–H and O–H groups in total. The van der Waals surface area contributed by atoms with Crippen molar-refractivity contribution in [1.29, 1.82) is 0 Å². The maximum Gasteiger partial charge on any atom is 0.0805 e. The van der Waals surface area contributed by atoms with Crippen molar-refractivity contribution in [2.24, 2.45) is 0 Å². The summed E-state index contributed by atoms with van der Waals surface area (Å²) in [6.07, 6.45) is 1.98. The van der Waals surface area contributed by atoms with Gasteiger partial charge in [-0.1, -0.05) is 0 Å². The molecule has 0 amide bonds. The molecule has 1 radical (unpaired) electrons. The normalized spacial score (nSPS) is 8.22. The summed E-state index contributed by atoms with van der Waals surface area (Å²) in [5, 5.41) is 0. The van der Waals surface area contributed by atoms with E-state index in [0.29, 0.717) is 0 Å². The fourth-order valence-corrected chi connectivity index (χ4v) is 0.487. The summed E-state index contributed by atoms with van der Waals surface area (Å²) in [7, 11) is 0. The molecule has 0 fully saturated rings. The van der Waals surface area contributed by atoms with Gasteiger partial charge in [0.1, 0.15) is 0 Å². The van der Waals surface area contributed by atoms with Gasteiger partial charge in [0.05, 0.1) is 6.61 Å². The van der Waals surface area contributed by atoms with Crippen molar-refractivity contribution >= 4 is 0 Å². The van der Waals surface area contributed by atoms with E-state index in [4.69, 9.17) is 4.74 Å². The van der Waals surface area contributed by atoms with Crippen LogP contribution in [0.5, 0.6) is 0 Å². The number of unbranched alkanes of at least 4 members (excludes halogenated alkanes) is 1. The minimum atomic E-state index is 0.797. The van der Waals surface area contributed by atoms with Crippen LogP contribution in [0.25, 0.3) is 0 Å². The van der Waals surface area contributed by atoms with Crippen molar-refractivity contribution in [3.63, 3.8) is 0 Å². The molecule has 0 saturated heterocycles. The van der Waals surface area contributed by atoms with Gasteiger partial charge in [0.25, 0.3) is 0 Å². The van der Waals surface area contributed by atoms with E-state index in [0.717, 1.165) is 19.4 Å². The van der Waals surface area contributed by atoms with Gasteiger partial charge in [-0.25, -0.2) is 0 Å². The van der Waals surface area contributed by atoms with Crippen molar-refractivity contribution in [2.45, 2.75) is 26.7 Å². The van der Waals surface area contributed by atoms with Gasteiger partial charge in [0, 0.05) is 13.0 Å². The molecular formula is C8H13O. The average Bonchev–Trinajstić information content (AvgIpc) is 1.89. The number of hydrogen-bond acceptors (Lipinski definition) is 1. The predicted molar refractivity (Wildman–Crippen MR) is 38.6 cm³/mol. The molecule has 0 aliphatic rings. The molecular weight excluding hydrogens is 112 g/mol. The minimum absolute atomic E-state index is 0.797. The van der Waals surface area contributed by atoms with Crippen LogP contribution in [0.1, 0.15) is 26.7 Å². The topological polar surface area (TPSA) is 9.23 Å². The highest BCUT2D eigenvalue weighted by molar-refractivity contribution is 4.94. The van der Waals surface area contributed by atoms with Gasteiger partial charge in [-0.2, -0.15) is 0 Å². The Morgan fingerprint density at radius 1 is 1.56 bits per heavy atom. The predicted octanol–water partition coefficient (Wildman–Crippen LogP) is 1.99. The molecule has 51 valence electrons. The molecule has 0 aliphatic carbocycles. The third-order valence-electron chi connectivity index (χ3n) is 0.907. The summed E-state index contributed by atoms with van der Waals surface area (Å²) in [5.41, 5.74) is 0. The molecule has 1 nitrogen and oxygen atoms in total. The Kier molecular flexibility index (Phi) is 7.12. The van der Waals surface area contributed by atoms with Crippen LogP contribution in [0.3, 0.4) is 0 Å². The first kappa shape index (κ1) is 8.52. The Labute approximate surface area is 57.4 Å².